The van der Waals surface area contributed by atoms with Gasteiger partial charge in [0.05, 0.1) is 0 Å². The molecule has 3 N–H and O–H groups in total. The molecule has 0 amide bonds. The van der Waals surface area contributed by atoms with E-state index in [1.165, 1.54) is 12.0 Å². The predicted octanol–water partition coefficient (Wildman–Crippen LogP) is 2.84. The minimum atomic E-state index is 0.103. The van der Waals surface area contributed by atoms with Crippen LogP contribution in [0.25, 0.3) is 0 Å². The van der Waals surface area contributed by atoms with Gasteiger partial charge in [0.1, 0.15) is 0 Å². The lowest BCUT2D eigenvalue weighted by atomic mass is 10.1. The van der Waals surface area contributed by atoms with Crippen molar-refractivity contribution in [2.24, 2.45) is 5.73 Å². The maximum atomic E-state index is 6.02. The summed E-state index contributed by atoms with van der Waals surface area (Å²) in [4.78, 5) is 4.76. The lowest BCUT2D eigenvalue weighted by Crippen LogP contribution is -2.30. The van der Waals surface area contributed by atoms with E-state index < -0.39 is 0 Å². The van der Waals surface area contributed by atoms with Gasteiger partial charge in [-0.1, -0.05) is 35.5 Å². The molecule has 4 atom stereocenters. The molecule has 0 bridgehead atoms. The van der Waals surface area contributed by atoms with Gasteiger partial charge in [0.2, 0.25) is 5.89 Å². The highest BCUT2D eigenvalue weighted by molar-refractivity contribution is 5.28. The van der Waals surface area contributed by atoms with E-state index in [2.05, 4.69) is 40.8 Å². The van der Waals surface area contributed by atoms with Crippen molar-refractivity contribution in [2.75, 3.05) is 6.54 Å². The third-order valence-corrected chi connectivity index (χ3v) is 6.31. The van der Waals surface area contributed by atoms with Gasteiger partial charge in [-0.2, -0.15) is 4.98 Å². The number of nitrogens with one attached hydrogen (secondary N) is 1. The second kappa shape index (κ2) is 5.92. The quantitative estimate of drug-likeness (QED) is 0.847. The van der Waals surface area contributed by atoms with E-state index in [9.17, 15) is 0 Å². The van der Waals surface area contributed by atoms with Gasteiger partial charge in [0, 0.05) is 35.9 Å². The first-order chi connectivity index (χ1) is 12.2. The minimum absolute atomic E-state index is 0.103. The Hall–Kier alpha value is -1.72. The fourth-order valence-corrected chi connectivity index (χ4v) is 4.30. The highest BCUT2D eigenvalue weighted by Gasteiger charge is 2.50. The number of nitrogens with two attached hydrogens (primary N) is 1. The topological polar surface area (TPSA) is 77.0 Å². The lowest BCUT2D eigenvalue weighted by Gasteiger charge is -2.12. The number of aromatic nitrogens is 2. The summed E-state index contributed by atoms with van der Waals surface area (Å²) in [6, 6.07) is 11.7. The predicted molar refractivity (Wildman–Crippen MR) is 95.4 cm³/mol. The molecule has 3 aliphatic rings. The summed E-state index contributed by atoms with van der Waals surface area (Å²) in [5.41, 5.74) is 7.57. The Morgan fingerprint density at radius 3 is 2.72 bits per heavy atom. The Morgan fingerprint density at radius 2 is 2.00 bits per heavy atom. The molecule has 132 valence electrons. The molecular weight excluding hydrogens is 312 g/mol. The molecule has 1 heterocycles. The van der Waals surface area contributed by atoms with E-state index in [1.54, 1.807) is 0 Å². The van der Waals surface area contributed by atoms with E-state index in [4.69, 9.17) is 15.2 Å². The van der Waals surface area contributed by atoms with Gasteiger partial charge in [-0.3, -0.25) is 0 Å². The van der Waals surface area contributed by atoms with E-state index in [-0.39, 0.29) is 5.41 Å². The number of hydrogen-bond acceptors (Lipinski definition) is 5. The van der Waals surface area contributed by atoms with Gasteiger partial charge in [0.25, 0.3) is 0 Å². The van der Waals surface area contributed by atoms with Crippen LogP contribution in [-0.4, -0.2) is 28.8 Å². The summed E-state index contributed by atoms with van der Waals surface area (Å²) < 4.78 is 5.59. The van der Waals surface area contributed by atoms with Crippen molar-refractivity contribution in [3.63, 3.8) is 0 Å². The molecule has 2 aromatic rings. The largest absolute Gasteiger partial charge is 0.339 e. The molecule has 5 rings (SSSR count). The maximum Gasteiger partial charge on any atom is 0.229 e. The van der Waals surface area contributed by atoms with E-state index in [0.29, 0.717) is 23.9 Å². The van der Waals surface area contributed by atoms with Crippen molar-refractivity contribution >= 4 is 0 Å². The van der Waals surface area contributed by atoms with Gasteiger partial charge >= 0.3 is 0 Å². The van der Waals surface area contributed by atoms with E-state index in [0.717, 1.165) is 50.4 Å². The summed E-state index contributed by atoms with van der Waals surface area (Å²) >= 11 is 0. The van der Waals surface area contributed by atoms with Gasteiger partial charge in [-0.05, 0) is 44.1 Å². The highest BCUT2D eigenvalue weighted by atomic mass is 16.5. The zero-order valence-corrected chi connectivity index (χ0v) is 14.5. The Balaban J connectivity index is 1.20. The average Bonchev–Trinajstić information content (AvgIpc) is 3.50. The molecule has 0 saturated heterocycles. The highest BCUT2D eigenvalue weighted by Crippen LogP contribution is 2.48. The van der Waals surface area contributed by atoms with Gasteiger partial charge < -0.3 is 15.6 Å². The Kier molecular flexibility index (Phi) is 3.68. The maximum absolute atomic E-state index is 6.02. The molecular formula is C20H26N4O. The molecule has 0 spiro atoms. The molecule has 3 saturated carbocycles. The first-order valence-electron chi connectivity index (χ1n) is 9.61. The van der Waals surface area contributed by atoms with Crippen LogP contribution in [0.3, 0.4) is 0 Å². The van der Waals surface area contributed by atoms with E-state index >= 15 is 0 Å². The number of benzene rings is 1. The van der Waals surface area contributed by atoms with Crippen molar-refractivity contribution < 1.29 is 4.52 Å². The first kappa shape index (κ1) is 15.5. The SMILES string of the molecule is N[C@H]1CC[C@@H](c2nc(C3(CN[C@@H]4C[C@H]4c4ccccc4)CC3)no2)C1. The van der Waals surface area contributed by atoms with Crippen LogP contribution >= 0.6 is 0 Å². The summed E-state index contributed by atoms with van der Waals surface area (Å²) in [5.74, 6) is 2.75. The van der Waals surface area contributed by atoms with Crippen LogP contribution in [0.4, 0.5) is 0 Å². The minimum Gasteiger partial charge on any atom is -0.339 e. The normalized spacial score (nSPS) is 32.7. The van der Waals surface area contributed by atoms with Crippen molar-refractivity contribution in [1.82, 2.24) is 15.5 Å². The third-order valence-electron chi connectivity index (χ3n) is 6.31. The van der Waals surface area contributed by atoms with E-state index in [1.807, 2.05) is 0 Å². The molecule has 1 aromatic heterocycles. The van der Waals surface area contributed by atoms with Crippen LogP contribution in [0.5, 0.6) is 0 Å². The van der Waals surface area contributed by atoms with Crippen LogP contribution in [0.1, 0.15) is 67.6 Å². The zero-order chi connectivity index (χ0) is 16.9. The molecule has 0 radical (unpaired) electrons. The lowest BCUT2D eigenvalue weighted by molar-refractivity contribution is 0.345. The third kappa shape index (κ3) is 3.00. The van der Waals surface area contributed by atoms with Crippen LogP contribution in [0.15, 0.2) is 34.9 Å². The molecule has 0 unspecified atom stereocenters. The second-order valence-electron chi connectivity index (χ2n) is 8.25. The zero-order valence-electron chi connectivity index (χ0n) is 14.5. The van der Waals surface area contributed by atoms with Crippen molar-refractivity contribution in [1.29, 1.82) is 0 Å². The molecule has 3 fully saturated rings. The summed E-state index contributed by atoms with van der Waals surface area (Å²) in [6.07, 6.45) is 6.68. The van der Waals surface area contributed by atoms with Gasteiger partial charge in [-0.25, -0.2) is 0 Å². The molecule has 5 nitrogen and oxygen atoms in total. The van der Waals surface area contributed by atoms with Crippen molar-refractivity contribution in [2.45, 2.75) is 67.9 Å². The van der Waals surface area contributed by atoms with Crippen LogP contribution in [0, 0.1) is 0 Å². The van der Waals surface area contributed by atoms with Crippen LogP contribution in [-0.2, 0) is 5.41 Å². The summed E-state index contributed by atoms with van der Waals surface area (Å²) in [7, 11) is 0. The molecule has 1 aromatic carbocycles. The van der Waals surface area contributed by atoms with Crippen molar-refractivity contribution in [3.8, 4) is 0 Å². The Morgan fingerprint density at radius 1 is 1.16 bits per heavy atom. The molecule has 3 aliphatic carbocycles. The standard InChI is InChI=1S/C20H26N4O/c21-15-7-6-14(10-15)18-23-19(24-25-18)20(8-9-20)12-22-17-11-16(17)13-4-2-1-3-5-13/h1-5,14-17,22H,6-12,21H2/t14-,15+,16+,17-/m1/s1. The molecule has 5 heteroatoms. The summed E-state index contributed by atoms with van der Waals surface area (Å²) in [6.45, 7) is 0.962. The second-order valence-corrected chi connectivity index (χ2v) is 8.25. The smallest absolute Gasteiger partial charge is 0.229 e. The Labute approximate surface area is 148 Å². The van der Waals surface area contributed by atoms with Crippen molar-refractivity contribution in [3.05, 3.63) is 47.6 Å². The van der Waals surface area contributed by atoms with Gasteiger partial charge in [0.15, 0.2) is 5.82 Å². The summed E-state index contributed by atoms with van der Waals surface area (Å²) in [5, 5.41) is 8.08. The average molecular weight is 338 g/mol. The first-order valence-corrected chi connectivity index (χ1v) is 9.61. The number of nitrogens with zero attached hydrogens (tertiary/aromatic N) is 2. The fraction of sp³-hybridized carbons (Fsp3) is 0.600. The Bertz CT molecular complexity index is 739. The number of rotatable bonds is 6. The fourth-order valence-electron chi connectivity index (χ4n) is 4.30. The van der Waals surface area contributed by atoms with Crippen LogP contribution in [0.2, 0.25) is 0 Å². The van der Waals surface area contributed by atoms with Gasteiger partial charge in [-0.15, -0.1) is 0 Å². The molecule has 25 heavy (non-hydrogen) atoms. The molecule has 0 aliphatic heterocycles. The monoisotopic (exact) mass is 338 g/mol. The number of hydrogen-bond donors (Lipinski definition) is 2. The van der Waals surface area contributed by atoms with Crippen LogP contribution < -0.4 is 11.1 Å².